The molecule has 0 aliphatic rings. The van der Waals surface area contributed by atoms with E-state index in [2.05, 4.69) is 0 Å². The van der Waals surface area contributed by atoms with Crippen molar-refractivity contribution in [1.29, 1.82) is 0 Å². The highest BCUT2D eigenvalue weighted by molar-refractivity contribution is 5.94. The molecule has 3 aromatic carbocycles. The number of fused-ring (bicyclic) bond motifs is 2. The van der Waals surface area contributed by atoms with Gasteiger partial charge in [0, 0.05) is 10.8 Å². The van der Waals surface area contributed by atoms with E-state index in [1.54, 1.807) is 12.1 Å². The van der Waals surface area contributed by atoms with Gasteiger partial charge in [-0.1, -0.05) is 54.1 Å². The summed E-state index contributed by atoms with van der Waals surface area (Å²) in [5.41, 5.74) is 3.55. The second-order valence-electron chi connectivity index (χ2n) is 6.60. The zero-order valence-corrected chi connectivity index (χ0v) is 15.0. The molecule has 0 saturated carbocycles. The molecule has 4 heteroatoms. The lowest BCUT2D eigenvalue weighted by atomic mass is 10.1. The summed E-state index contributed by atoms with van der Waals surface area (Å²) in [6, 6.07) is 22.6. The zero-order valence-electron chi connectivity index (χ0n) is 15.0. The van der Waals surface area contributed by atoms with Crippen LogP contribution in [-0.2, 0) is 22.7 Å². The molecule has 0 fully saturated rings. The van der Waals surface area contributed by atoms with Crippen molar-refractivity contribution in [2.75, 3.05) is 0 Å². The first-order chi connectivity index (χ1) is 13.1. The van der Waals surface area contributed by atoms with Gasteiger partial charge in [0.15, 0.2) is 5.43 Å². The molecular formula is C23H19NO3. The summed E-state index contributed by atoms with van der Waals surface area (Å²) in [5, 5.41) is 1.20. The average molecular weight is 357 g/mol. The van der Waals surface area contributed by atoms with E-state index < -0.39 is 0 Å². The maximum Gasteiger partial charge on any atom is 0.326 e. The van der Waals surface area contributed by atoms with E-state index in [1.807, 2.05) is 72.2 Å². The van der Waals surface area contributed by atoms with Crippen molar-refractivity contribution < 1.29 is 9.53 Å². The number of esters is 1. The number of carbonyl (C=O) groups is 1. The number of aryl methyl sites for hydroxylation is 1. The van der Waals surface area contributed by atoms with Crippen LogP contribution in [-0.4, -0.2) is 10.5 Å². The van der Waals surface area contributed by atoms with Crippen LogP contribution in [0.4, 0.5) is 0 Å². The van der Waals surface area contributed by atoms with Crippen LogP contribution < -0.4 is 5.43 Å². The standard InChI is InChI=1S/C23H19NO3/c1-16-10-12-17(13-11-16)15-27-22(25)14-24-20-8-4-2-6-18(20)23(26)19-7-3-5-9-21(19)24/h2-13H,14-15H2,1H3. The van der Waals surface area contributed by atoms with Gasteiger partial charge in [-0.3, -0.25) is 9.59 Å². The molecule has 0 unspecified atom stereocenters. The summed E-state index contributed by atoms with van der Waals surface area (Å²) in [6.45, 7) is 2.30. The summed E-state index contributed by atoms with van der Waals surface area (Å²) in [7, 11) is 0. The van der Waals surface area contributed by atoms with E-state index in [9.17, 15) is 9.59 Å². The number of benzene rings is 3. The lowest BCUT2D eigenvalue weighted by Gasteiger charge is -2.14. The average Bonchev–Trinajstić information content (AvgIpc) is 2.71. The molecule has 0 N–H and O–H groups in total. The monoisotopic (exact) mass is 357 g/mol. The fraction of sp³-hybridized carbons (Fsp3) is 0.130. The van der Waals surface area contributed by atoms with Gasteiger partial charge in [0.1, 0.15) is 13.2 Å². The first-order valence-corrected chi connectivity index (χ1v) is 8.85. The number of aromatic nitrogens is 1. The van der Waals surface area contributed by atoms with Crippen LogP contribution in [0, 0.1) is 6.92 Å². The van der Waals surface area contributed by atoms with Crippen LogP contribution in [0.15, 0.2) is 77.6 Å². The highest BCUT2D eigenvalue weighted by Gasteiger charge is 2.13. The molecule has 0 aliphatic carbocycles. The van der Waals surface area contributed by atoms with Gasteiger partial charge in [0.25, 0.3) is 0 Å². The Morgan fingerprint density at radius 1 is 0.852 bits per heavy atom. The number of para-hydroxylation sites is 2. The minimum absolute atomic E-state index is 0.0227. The number of carbonyl (C=O) groups excluding carboxylic acids is 1. The zero-order chi connectivity index (χ0) is 18.8. The van der Waals surface area contributed by atoms with Crippen LogP contribution in [0.2, 0.25) is 0 Å². The first kappa shape index (κ1) is 17.0. The Bertz CT molecular complexity index is 1130. The Balaban J connectivity index is 1.68. The van der Waals surface area contributed by atoms with Gasteiger partial charge in [-0.05, 0) is 36.8 Å². The number of rotatable bonds is 4. The first-order valence-electron chi connectivity index (χ1n) is 8.85. The number of ether oxygens (including phenoxy) is 1. The van der Waals surface area contributed by atoms with Gasteiger partial charge in [-0.2, -0.15) is 0 Å². The van der Waals surface area contributed by atoms with Gasteiger partial charge < -0.3 is 9.30 Å². The molecule has 4 rings (SSSR count). The number of hydrogen-bond donors (Lipinski definition) is 0. The Morgan fingerprint density at radius 2 is 1.41 bits per heavy atom. The Kier molecular flexibility index (Phi) is 4.47. The Hall–Kier alpha value is -3.40. The predicted octanol–water partition coefficient (Wildman–Crippen LogP) is 4.21. The lowest BCUT2D eigenvalue weighted by molar-refractivity contribution is -0.145. The highest BCUT2D eigenvalue weighted by Crippen LogP contribution is 2.19. The topological polar surface area (TPSA) is 48.3 Å². The molecule has 4 nitrogen and oxygen atoms in total. The van der Waals surface area contributed by atoms with Crippen LogP contribution in [0.5, 0.6) is 0 Å². The van der Waals surface area contributed by atoms with E-state index in [-0.39, 0.29) is 24.5 Å². The molecule has 27 heavy (non-hydrogen) atoms. The normalized spacial score (nSPS) is 11.0. The number of pyridine rings is 1. The summed E-state index contributed by atoms with van der Waals surface area (Å²) in [5.74, 6) is -0.338. The lowest BCUT2D eigenvalue weighted by Crippen LogP contribution is -2.18. The summed E-state index contributed by atoms with van der Waals surface area (Å²) in [4.78, 5) is 25.2. The molecule has 0 atom stereocenters. The maximum absolute atomic E-state index is 12.7. The van der Waals surface area contributed by atoms with Crippen LogP contribution >= 0.6 is 0 Å². The fourth-order valence-corrected chi connectivity index (χ4v) is 3.27. The maximum atomic E-state index is 12.7. The molecular weight excluding hydrogens is 338 g/mol. The minimum atomic E-state index is -0.338. The highest BCUT2D eigenvalue weighted by atomic mass is 16.5. The van der Waals surface area contributed by atoms with Gasteiger partial charge in [0.05, 0.1) is 11.0 Å². The van der Waals surface area contributed by atoms with Crippen LogP contribution in [0.25, 0.3) is 21.8 Å². The van der Waals surface area contributed by atoms with Gasteiger partial charge in [-0.15, -0.1) is 0 Å². The smallest absolute Gasteiger partial charge is 0.326 e. The van der Waals surface area contributed by atoms with Crippen LogP contribution in [0.1, 0.15) is 11.1 Å². The van der Waals surface area contributed by atoms with Crippen molar-refractivity contribution in [3.63, 3.8) is 0 Å². The number of hydrogen-bond acceptors (Lipinski definition) is 3. The Morgan fingerprint density at radius 3 is 2.00 bits per heavy atom. The van der Waals surface area contributed by atoms with E-state index in [0.29, 0.717) is 10.8 Å². The molecule has 0 saturated heterocycles. The van der Waals surface area contributed by atoms with Gasteiger partial charge in [0.2, 0.25) is 0 Å². The summed E-state index contributed by atoms with van der Waals surface area (Å²) < 4.78 is 7.31. The second kappa shape index (κ2) is 7.08. The Labute approximate surface area is 156 Å². The SMILES string of the molecule is Cc1ccc(COC(=O)Cn2c3ccccc3c(=O)c3ccccc32)cc1. The molecule has 0 aliphatic heterocycles. The third-order valence-electron chi connectivity index (χ3n) is 4.69. The minimum Gasteiger partial charge on any atom is -0.459 e. The van der Waals surface area contributed by atoms with Crippen molar-refractivity contribution in [2.45, 2.75) is 20.1 Å². The van der Waals surface area contributed by atoms with Crippen molar-refractivity contribution in [3.8, 4) is 0 Å². The molecule has 1 heterocycles. The van der Waals surface area contributed by atoms with Gasteiger partial charge >= 0.3 is 5.97 Å². The van der Waals surface area contributed by atoms with E-state index >= 15 is 0 Å². The van der Waals surface area contributed by atoms with Crippen molar-refractivity contribution in [3.05, 3.63) is 94.1 Å². The van der Waals surface area contributed by atoms with Crippen molar-refractivity contribution in [1.82, 2.24) is 4.57 Å². The number of nitrogens with zero attached hydrogens (tertiary/aromatic N) is 1. The predicted molar refractivity (Wildman–Crippen MR) is 107 cm³/mol. The molecule has 0 amide bonds. The molecule has 1 aromatic heterocycles. The molecule has 4 aromatic rings. The van der Waals surface area contributed by atoms with Crippen molar-refractivity contribution in [2.24, 2.45) is 0 Å². The largest absolute Gasteiger partial charge is 0.459 e. The summed E-state index contributed by atoms with van der Waals surface area (Å²) in [6.07, 6.45) is 0. The van der Waals surface area contributed by atoms with Crippen molar-refractivity contribution >= 4 is 27.8 Å². The second-order valence-corrected chi connectivity index (χ2v) is 6.60. The third kappa shape index (κ3) is 3.34. The van der Waals surface area contributed by atoms with Crippen LogP contribution in [0.3, 0.4) is 0 Å². The third-order valence-corrected chi connectivity index (χ3v) is 4.69. The quantitative estimate of drug-likeness (QED) is 0.406. The molecule has 134 valence electrons. The van der Waals surface area contributed by atoms with E-state index in [0.717, 1.165) is 22.2 Å². The fourth-order valence-electron chi connectivity index (χ4n) is 3.27. The summed E-state index contributed by atoms with van der Waals surface area (Å²) >= 11 is 0. The van der Waals surface area contributed by atoms with Gasteiger partial charge in [-0.25, -0.2) is 0 Å². The van der Waals surface area contributed by atoms with E-state index in [1.165, 1.54) is 0 Å². The molecule has 0 bridgehead atoms. The molecule has 0 spiro atoms. The molecule has 0 radical (unpaired) electrons. The van der Waals surface area contributed by atoms with E-state index in [4.69, 9.17) is 4.74 Å².